The van der Waals surface area contributed by atoms with Gasteiger partial charge in [-0.1, -0.05) is 0 Å². The number of hydrogen-bond donors (Lipinski definition) is 2. The van der Waals surface area contributed by atoms with E-state index in [9.17, 15) is 0 Å². The van der Waals surface area contributed by atoms with Gasteiger partial charge in [-0.25, -0.2) is 4.98 Å². The topological polar surface area (TPSA) is 81.1 Å². The van der Waals surface area contributed by atoms with Crippen molar-refractivity contribution in [2.45, 2.75) is 0 Å². The molecule has 0 saturated heterocycles. The molecular formula is C13H14Br2N6S2. The molecule has 6 nitrogen and oxygen atoms in total. The summed E-state index contributed by atoms with van der Waals surface area (Å²) >= 11 is 9.92. The molecule has 0 amide bonds. The van der Waals surface area contributed by atoms with Gasteiger partial charge in [-0.2, -0.15) is 10.2 Å². The highest BCUT2D eigenvalue weighted by molar-refractivity contribution is 9.11. The number of rotatable bonds is 3. The molecule has 3 aromatic heterocycles. The van der Waals surface area contributed by atoms with Crippen molar-refractivity contribution >= 4 is 60.4 Å². The number of nitrogens with one attached hydrogen (secondary N) is 1. The van der Waals surface area contributed by atoms with Crippen LogP contribution in [0.4, 0.5) is 0 Å². The maximum atomic E-state index is 5.60. The Balaban J connectivity index is 0.000000168. The third-order valence-corrected chi connectivity index (χ3v) is 5.72. The van der Waals surface area contributed by atoms with Crippen LogP contribution in [0.5, 0.6) is 0 Å². The van der Waals surface area contributed by atoms with E-state index in [1.54, 1.807) is 40.7 Å². The molecule has 0 atom stereocenters. The third-order valence-electron chi connectivity index (χ3n) is 2.45. The summed E-state index contributed by atoms with van der Waals surface area (Å²) in [7, 11) is 3.58. The summed E-state index contributed by atoms with van der Waals surface area (Å²) in [6, 6.07) is 7.86. The number of thiophene rings is 2. The monoisotopic (exact) mass is 476 g/mol. The molecule has 3 rings (SSSR count). The predicted molar refractivity (Wildman–Crippen MR) is 104 cm³/mol. The second-order valence-corrected chi connectivity index (χ2v) is 9.10. The molecule has 3 heterocycles. The molecule has 0 spiro atoms. The molecule has 122 valence electrons. The number of aromatic nitrogens is 3. The number of nitrogens with two attached hydrogens (primary N) is 1. The van der Waals surface area contributed by atoms with E-state index in [2.05, 4.69) is 52.5 Å². The molecule has 0 aromatic carbocycles. The molecule has 10 heteroatoms. The first kappa shape index (κ1) is 18.1. The van der Waals surface area contributed by atoms with Gasteiger partial charge in [-0.3, -0.25) is 4.68 Å². The van der Waals surface area contributed by atoms with Gasteiger partial charge in [0.15, 0.2) is 11.7 Å². The van der Waals surface area contributed by atoms with Crippen LogP contribution in [0.15, 0.2) is 43.3 Å². The summed E-state index contributed by atoms with van der Waals surface area (Å²) in [5.74, 6) is 1.30. The van der Waals surface area contributed by atoms with E-state index < -0.39 is 0 Å². The van der Waals surface area contributed by atoms with Crippen molar-refractivity contribution in [3.05, 3.63) is 43.0 Å². The smallest absolute Gasteiger partial charge is 0.191 e. The molecule has 0 radical (unpaired) electrons. The standard InChI is InChI=1S/C7H6BrN3S.C6H8BrN3S/c1-11-4-9-7(10-11)5-2-3-6(8)12-5;1-9-10-6(8)4-2-3-5(7)11-4/h2-4H,1H3;2-3,9H,1H3,(H2,8,10). The number of aryl methyl sites for hydroxylation is 1. The first-order valence-corrected chi connectivity index (χ1v) is 9.58. The quantitative estimate of drug-likeness (QED) is 0.342. The Morgan fingerprint density at radius 3 is 2.39 bits per heavy atom. The van der Waals surface area contributed by atoms with Crippen LogP contribution < -0.4 is 11.2 Å². The minimum Gasteiger partial charge on any atom is -0.381 e. The van der Waals surface area contributed by atoms with E-state index in [-0.39, 0.29) is 0 Å². The summed E-state index contributed by atoms with van der Waals surface area (Å²) in [6.07, 6.45) is 1.70. The summed E-state index contributed by atoms with van der Waals surface area (Å²) < 4.78 is 3.86. The van der Waals surface area contributed by atoms with E-state index in [4.69, 9.17) is 5.73 Å². The zero-order valence-electron chi connectivity index (χ0n) is 12.3. The van der Waals surface area contributed by atoms with E-state index in [1.807, 2.05) is 31.3 Å². The Hall–Kier alpha value is -1.23. The van der Waals surface area contributed by atoms with Crippen molar-refractivity contribution in [1.82, 2.24) is 20.2 Å². The van der Waals surface area contributed by atoms with Crippen molar-refractivity contribution in [1.29, 1.82) is 0 Å². The molecule has 0 aliphatic rings. The molecule has 0 unspecified atom stereocenters. The normalized spacial score (nSPS) is 11.0. The van der Waals surface area contributed by atoms with Gasteiger partial charge in [0, 0.05) is 14.1 Å². The van der Waals surface area contributed by atoms with Gasteiger partial charge in [0.05, 0.1) is 17.3 Å². The van der Waals surface area contributed by atoms with Crippen LogP contribution in [0.2, 0.25) is 0 Å². The SMILES string of the molecule is CNN=C(N)c1ccc(Br)s1.Cn1cnc(-c2ccc(Br)s2)n1. The number of halogens is 2. The zero-order valence-corrected chi connectivity index (χ0v) is 17.1. The Morgan fingerprint density at radius 1 is 1.22 bits per heavy atom. The fourth-order valence-electron chi connectivity index (χ4n) is 1.51. The Morgan fingerprint density at radius 2 is 1.91 bits per heavy atom. The molecule has 3 aromatic rings. The highest BCUT2D eigenvalue weighted by Crippen LogP contribution is 2.28. The molecule has 0 fully saturated rings. The summed E-state index contributed by atoms with van der Waals surface area (Å²) in [5, 5.41) is 8.03. The lowest BCUT2D eigenvalue weighted by Crippen LogP contribution is -2.15. The number of hydrazone groups is 1. The molecule has 3 N–H and O–H groups in total. The van der Waals surface area contributed by atoms with Crippen LogP contribution in [-0.2, 0) is 7.05 Å². The van der Waals surface area contributed by atoms with Crippen LogP contribution in [0.3, 0.4) is 0 Å². The second-order valence-electron chi connectivity index (χ2n) is 4.17. The Bertz CT molecular complexity index is 754. The Labute approximate surface area is 158 Å². The van der Waals surface area contributed by atoms with Crippen LogP contribution in [0, 0.1) is 0 Å². The van der Waals surface area contributed by atoms with Crippen LogP contribution in [0.1, 0.15) is 4.88 Å². The lowest BCUT2D eigenvalue weighted by atomic mass is 10.4. The van der Waals surface area contributed by atoms with Gasteiger partial charge >= 0.3 is 0 Å². The van der Waals surface area contributed by atoms with E-state index in [1.165, 1.54) is 0 Å². The largest absolute Gasteiger partial charge is 0.381 e. The fraction of sp³-hybridized carbons (Fsp3) is 0.154. The molecule has 0 bridgehead atoms. The van der Waals surface area contributed by atoms with Crippen molar-refractivity contribution < 1.29 is 0 Å². The van der Waals surface area contributed by atoms with Gasteiger partial charge in [0.2, 0.25) is 0 Å². The fourth-order valence-corrected chi connectivity index (χ4v) is 4.12. The number of hydrogen-bond acceptors (Lipinski definition) is 6. The van der Waals surface area contributed by atoms with Crippen LogP contribution in [-0.4, -0.2) is 27.6 Å². The van der Waals surface area contributed by atoms with Crippen LogP contribution in [0.25, 0.3) is 10.7 Å². The van der Waals surface area contributed by atoms with Crippen molar-refractivity contribution in [2.75, 3.05) is 7.05 Å². The number of nitrogens with zero attached hydrogens (tertiary/aromatic N) is 4. The first-order valence-electron chi connectivity index (χ1n) is 6.36. The maximum absolute atomic E-state index is 5.60. The highest BCUT2D eigenvalue weighted by atomic mass is 79.9. The average Bonchev–Trinajstić information content (AvgIpc) is 3.21. The van der Waals surface area contributed by atoms with E-state index in [0.29, 0.717) is 5.84 Å². The lowest BCUT2D eigenvalue weighted by molar-refractivity contribution is 0.768. The minimum atomic E-state index is 0.517. The highest BCUT2D eigenvalue weighted by Gasteiger charge is 2.04. The zero-order chi connectivity index (χ0) is 16.8. The lowest BCUT2D eigenvalue weighted by Gasteiger charge is -1.93. The predicted octanol–water partition coefficient (Wildman–Crippen LogP) is 3.66. The minimum absolute atomic E-state index is 0.517. The van der Waals surface area contributed by atoms with Crippen molar-refractivity contribution in [3.63, 3.8) is 0 Å². The van der Waals surface area contributed by atoms with Gasteiger partial charge in [-0.15, -0.1) is 22.7 Å². The maximum Gasteiger partial charge on any atom is 0.191 e. The van der Waals surface area contributed by atoms with Gasteiger partial charge in [0.25, 0.3) is 0 Å². The molecule has 0 aliphatic carbocycles. The Kier molecular flexibility index (Phi) is 6.75. The summed E-state index contributed by atoms with van der Waals surface area (Å²) in [5.41, 5.74) is 8.23. The molecule has 0 saturated carbocycles. The van der Waals surface area contributed by atoms with E-state index >= 15 is 0 Å². The summed E-state index contributed by atoms with van der Waals surface area (Å²) in [4.78, 5) is 6.19. The van der Waals surface area contributed by atoms with Crippen molar-refractivity contribution in [2.24, 2.45) is 17.9 Å². The van der Waals surface area contributed by atoms with Crippen LogP contribution >= 0.6 is 54.5 Å². The first-order chi connectivity index (χ1) is 11.0. The van der Waals surface area contributed by atoms with E-state index in [0.717, 1.165) is 23.2 Å². The molecular weight excluding hydrogens is 464 g/mol. The third kappa shape index (κ3) is 5.41. The van der Waals surface area contributed by atoms with Crippen molar-refractivity contribution in [3.8, 4) is 10.7 Å². The summed E-state index contributed by atoms with van der Waals surface area (Å²) in [6.45, 7) is 0. The average molecular weight is 478 g/mol. The van der Waals surface area contributed by atoms with Gasteiger partial charge in [-0.05, 0) is 56.1 Å². The molecule has 23 heavy (non-hydrogen) atoms. The van der Waals surface area contributed by atoms with Gasteiger partial charge in [0.1, 0.15) is 6.33 Å². The van der Waals surface area contributed by atoms with Gasteiger partial charge < -0.3 is 11.2 Å². The second kappa shape index (κ2) is 8.57. The number of amidine groups is 1. The molecule has 0 aliphatic heterocycles.